The first-order valence-corrected chi connectivity index (χ1v) is 9.36. The molecule has 1 aromatic rings. The van der Waals surface area contributed by atoms with E-state index in [0.29, 0.717) is 30.7 Å². The number of hydrogen-bond acceptors (Lipinski definition) is 3. The Labute approximate surface area is 145 Å². The Kier molecular flexibility index (Phi) is 5.44. The molecular weight excluding hydrogens is 302 g/mol. The molecule has 1 unspecified atom stereocenters. The second kappa shape index (κ2) is 7.56. The number of fused-ring (bicyclic) bond motifs is 1. The van der Waals surface area contributed by atoms with Crippen LogP contribution in [0.3, 0.4) is 0 Å². The van der Waals surface area contributed by atoms with Crippen molar-refractivity contribution >= 4 is 5.97 Å². The average molecular weight is 332 g/mol. The number of nitrogens with zero attached hydrogens (tertiary/aromatic N) is 1. The molecule has 0 saturated carbocycles. The summed E-state index contributed by atoms with van der Waals surface area (Å²) in [6.45, 7) is 5.71. The summed E-state index contributed by atoms with van der Waals surface area (Å²) in [5, 5.41) is 0. The molecule has 4 heteroatoms. The van der Waals surface area contributed by atoms with Crippen molar-refractivity contribution in [2.24, 2.45) is 5.92 Å². The van der Waals surface area contributed by atoms with Crippen LogP contribution in [-0.4, -0.2) is 49.8 Å². The lowest BCUT2D eigenvalue weighted by molar-refractivity contribution is -0.947. The molecule has 2 heterocycles. The Balaban J connectivity index is 1.57. The number of ether oxygens (including phenoxy) is 2. The molecule has 3 rings (SSSR count). The summed E-state index contributed by atoms with van der Waals surface area (Å²) in [5.41, 5.74) is 0.607. The molecule has 3 atom stereocenters. The molecule has 4 nitrogen and oxygen atoms in total. The van der Waals surface area contributed by atoms with Gasteiger partial charge >= 0.3 is 5.97 Å². The molecule has 1 aromatic carbocycles. The third-order valence-electron chi connectivity index (χ3n) is 5.84. The van der Waals surface area contributed by atoms with Crippen LogP contribution in [0.15, 0.2) is 24.3 Å². The minimum Gasteiger partial charge on any atom is -0.494 e. The zero-order chi connectivity index (χ0) is 17.0. The highest BCUT2D eigenvalue weighted by Gasteiger charge is 2.43. The minimum atomic E-state index is -0.214. The van der Waals surface area contributed by atoms with Crippen molar-refractivity contribution in [3.8, 4) is 5.75 Å². The summed E-state index contributed by atoms with van der Waals surface area (Å²) in [7, 11) is 2.39. The predicted molar refractivity (Wildman–Crippen MR) is 94.2 cm³/mol. The first-order valence-electron chi connectivity index (χ1n) is 9.36. The highest BCUT2D eigenvalue weighted by molar-refractivity contribution is 5.89. The van der Waals surface area contributed by atoms with Crippen molar-refractivity contribution < 1.29 is 18.8 Å². The van der Waals surface area contributed by atoms with Gasteiger partial charge in [0.05, 0.1) is 38.3 Å². The van der Waals surface area contributed by atoms with Gasteiger partial charge in [-0.05, 0) is 56.9 Å². The number of piperidine rings is 2. The molecule has 2 fully saturated rings. The van der Waals surface area contributed by atoms with Gasteiger partial charge in [0.2, 0.25) is 0 Å². The molecule has 0 bridgehead atoms. The largest absolute Gasteiger partial charge is 0.494 e. The molecule has 132 valence electrons. The Bertz CT molecular complexity index is 553. The van der Waals surface area contributed by atoms with Crippen LogP contribution >= 0.6 is 0 Å². The van der Waals surface area contributed by atoms with E-state index in [9.17, 15) is 4.79 Å². The molecule has 0 aromatic heterocycles. The summed E-state index contributed by atoms with van der Waals surface area (Å²) in [4.78, 5) is 12.3. The van der Waals surface area contributed by atoms with Crippen molar-refractivity contribution in [3.05, 3.63) is 29.8 Å². The third kappa shape index (κ3) is 3.75. The fourth-order valence-electron chi connectivity index (χ4n) is 4.55. The van der Waals surface area contributed by atoms with E-state index in [0.717, 1.165) is 5.75 Å². The van der Waals surface area contributed by atoms with E-state index in [1.54, 1.807) is 12.1 Å². The smallest absolute Gasteiger partial charge is 0.338 e. The Morgan fingerprint density at radius 1 is 1.12 bits per heavy atom. The second-order valence-electron chi connectivity index (χ2n) is 7.45. The minimum absolute atomic E-state index is 0.214. The SMILES string of the molecule is CCOc1ccc(C(=O)OC[C@H]2CCC[N+]3(C)CCCC[C@@H]23)cc1. The number of rotatable bonds is 5. The van der Waals surface area contributed by atoms with Crippen LogP contribution in [0.25, 0.3) is 0 Å². The lowest BCUT2D eigenvalue weighted by Crippen LogP contribution is -2.61. The molecule has 0 spiro atoms. The van der Waals surface area contributed by atoms with Gasteiger partial charge in [-0.3, -0.25) is 0 Å². The Morgan fingerprint density at radius 3 is 2.62 bits per heavy atom. The third-order valence-corrected chi connectivity index (χ3v) is 5.84. The quantitative estimate of drug-likeness (QED) is 0.610. The molecule has 0 aliphatic carbocycles. The Hall–Kier alpha value is -1.55. The van der Waals surface area contributed by atoms with Crippen LogP contribution < -0.4 is 4.74 Å². The maximum atomic E-state index is 12.3. The van der Waals surface area contributed by atoms with Crippen LogP contribution in [-0.2, 0) is 4.74 Å². The standard InChI is InChI=1S/C20H30NO3/c1-3-23-18-11-9-16(10-12-18)20(22)24-15-17-7-6-14-21(2)13-5-4-8-19(17)21/h9-12,17,19H,3-8,13-15H2,1-2H3/q+1/t17-,19+,21?/m1/s1. The van der Waals surface area contributed by atoms with E-state index in [2.05, 4.69) is 7.05 Å². The normalized spacial score (nSPS) is 29.6. The summed E-state index contributed by atoms with van der Waals surface area (Å²) in [6, 6.07) is 7.90. The van der Waals surface area contributed by atoms with E-state index >= 15 is 0 Å². The molecule has 0 radical (unpaired) electrons. The van der Waals surface area contributed by atoms with Gasteiger partial charge in [-0.1, -0.05) is 0 Å². The summed E-state index contributed by atoms with van der Waals surface area (Å²) in [5.74, 6) is 1.08. The van der Waals surface area contributed by atoms with E-state index in [1.807, 2.05) is 19.1 Å². The number of benzene rings is 1. The topological polar surface area (TPSA) is 35.5 Å². The van der Waals surface area contributed by atoms with Crippen molar-refractivity contribution in [2.75, 3.05) is 33.4 Å². The maximum absolute atomic E-state index is 12.3. The van der Waals surface area contributed by atoms with Gasteiger partial charge in [0, 0.05) is 12.3 Å². The van der Waals surface area contributed by atoms with E-state index < -0.39 is 0 Å². The van der Waals surface area contributed by atoms with Crippen LogP contribution in [0.2, 0.25) is 0 Å². The van der Waals surface area contributed by atoms with Crippen molar-refractivity contribution in [2.45, 2.75) is 45.1 Å². The van der Waals surface area contributed by atoms with Crippen molar-refractivity contribution in [1.29, 1.82) is 0 Å². The lowest BCUT2D eigenvalue weighted by atomic mass is 9.82. The number of quaternary nitrogens is 1. The highest BCUT2D eigenvalue weighted by atomic mass is 16.5. The van der Waals surface area contributed by atoms with Crippen LogP contribution in [0.5, 0.6) is 5.75 Å². The molecule has 0 amide bonds. The number of hydrogen-bond donors (Lipinski definition) is 0. The van der Waals surface area contributed by atoms with Crippen LogP contribution in [0.4, 0.5) is 0 Å². The van der Waals surface area contributed by atoms with Gasteiger partial charge in [0.1, 0.15) is 12.4 Å². The summed E-state index contributed by atoms with van der Waals surface area (Å²) >= 11 is 0. The molecule has 2 saturated heterocycles. The number of carbonyl (C=O) groups is 1. The van der Waals surface area contributed by atoms with Crippen molar-refractivity contribution in [3.63, 3.8) is 0 Å². The highest BCUT2D eigenvalue weighted by Crippen LogP contribution is 2.36. The van der Waals surface area contributed by atoms with Gasteiger partial charge in [-0.15, -0.1) is 0 Å². The Morgan fingerprint density at radius 2 is 1.88 bits per heavy atom. The van der Waals surface area contributed by atoms with E-state index in [4.69, 9.17) is 9.47 Å². The first kappa shape index (κ1) is 17.3. The molecule has 2 aliphatic rings. The number of esters is 1. The van der Waals surface area contributed by atoms with E-state index in [-0.39, 0.29) is 5.97 Å². The lowest BCUT2D eigenvalue weighted by Gasteiger charge is -2.51. The monoisotopic (exact) mass is 332 g/mol. The van der Waals surface area contributed by atoms with Crippen LogP contribution in [0, 0.1) is 5.92 Å². The van der Waals surface area contributed by atoms with Gasteiger partial charge < -0.3 is 14.0 Å². The van der Waals surface area contributed by atoms with Gasteiger partial charge in [0.25, 0.3) is 0 Å². The number of carbonyl (C=O) groups excluding carboxylic acids is 1. The zero-order valence-corrected chi connectivity index (χ0v) is 15.0. The van der Waals surface area contributed by atoms with Gasteiger partial charge in [-0.2, -0.15) is 0 Å². The molecule has 0 N–H and O–H groups in total. The van der Waals surface area contributed by atoms with Gasteiger partial charge in [0.15, 0.2) is 0 Å². The predicted octanol–water partition coefficient (Wildman–Crippen LogP) is 3.65. The second-order valence-corrected chi connectivity index (χ2v) is 7.45. The molecular formula is C20H30NO3+. The fraction of sp³-hybridized carbons (Fsp3) is 0.650. The summed E-state index contributed by atoms with van der Waals surface area (Å²) < 4.78 is 12.3. The van der Waals surface area contributed by atoms with E-state index in [1.165, 1.54) is 49.7 Å². The molecule has 2 aliphatic heterocycles. The first-order chi connectivity index (χ1) is 11.6. The zero-order valence-electron chi connectivity index (χ0n) is 15.0. The van der Waals surface area contributed by atoms with Crippen LogP contribution in [0.1, 0.15) is 49.4 Å². The fourth-order valence-corrected chi connectivity index (χ4v) is 4.55. The summed E-state index contributed by atoms with van der Waals surface area (Å²) in [6.07, 6.45) is 6.38. The van der Waals surface area contributed by atoms with Gasteiger partial charge in [-0.25, -0.2) is 4.79 Å². The van der Waals surface area contributed by atoms with Crippen molar-refractivity contribution in [1.82, 2.24) is 0 Å². The average Bonchev–Trinajstić information content (AvgIpc) is 2.60. The maximum Gasteiger partial charge on any atom is 0.338 e. The molecule has 24 heavy (non-hydrogen) atoms.